The number of halogens is 1. The minimum absolute atomic E-state index is 0.0994. The molecule has 0 radical (unpaired) electrons. The normalized spacial score (nSPS) is 11.5. The van der Waals surface area contributed by atoms with Crippen molar-refractivity contribution in [3.63, 3.8) is 0 Å². The van der Waals surface area contributed by atoms with Crippen LogP contribution in [0.15, 0.2) is 53.4 Å². The van der Waals surface area contributed by atoms with Crippen LogP contribution in [0, 0.1) is 6.92 Å². The number of hydrogen-bond donors (Lipinski definition) is 0. The van der Waals surface area contributed by atoms with Gasteiger partial charge in [0, 0.05) is 0 Å². The van der Waals surface area contributed by atoms with Gasteiger partial charge in [0.25, 0.3) is 10.0 Å². The van der Waals surface area contributed by atoms with Gasteiger partial charge in [-0.1, -0.05) is 49.7 Å². The van der Waals surface area contributed by atoms with E-state index in [4.69, 9.17) is 11.6 Å². The molecular weight excluding hydrogens is 346 g/mol. The molecule has 4 nitrogen and oxygen atoms in total. The Bertz CT molecular complexity index is 830. The van der Waals surface area contributed by atoms with Crippen LogP contribution >= 0.6 is 11.6 Å². The lowest BCUT2D eigenvalue weighted by Gasteiger charge is -2.26. The van der Waals surface area contributed by atoms with E-state index in [0.717, 1.165) is 15.4 Å². The maximum Gasteiger partial charge on any atom is 0.264 e. The molecule has 2 aromatic rings. The summed E-state index contributed by atoms with van der Waals surface area (Å²) in [5.41, 5.74) is 2.27. The Morgan fingerprint density at radius 3 is 2.21 bits per heavy atom. The molecule has 24 heavy (non-hydrogen) atoms. The van der Waals surface area contributed by atoms with Crippen LogP contribution in [0.2, 0.25) is 0 Å². The molecular formula is C18H20ClNO3S. The van der Waals surface area contributed by atoms with Crippen molar-refractivity contribution in [2.75, 3.05) is 10.8 Å². The smallest absolute Gasteiger partial charge is 0.264 e. The van der Waals surface area contributed by atoms with Crippen LogP contribution in [0.4, 0.5) is 5.69 Å². The molecule has 2 rings (SSSR count). The van der Waals surface area contributed by atoms with Gasteiger partial charge in [0.15, 0.2) is 0 Å². The fourth-order valence-electron chi connectivity index (χ4n) is 2.45. The van der Waals surface area contributed by atoms with Crippen LogP contribution in [0.3, 0.4) is 0 Å². The third-order valence-electron chi connectivity index (χ3n) is 3.70. The summed E-state index contributed by atoms with van der Waals surface area (Å²) in [7, 11) is -3.89. The minimum Gasteiger partial charge on any atom is -0.279 e. The van der Waals surface area contributed by atoms with Gasteiger partial charge in [-0.05, 0) is 48.2 Å². The SMILES string of the molecule is Cc1ccc(S(=O)(=O)N(CC(=O)Cl)c2ccccc2C(C)C)cc1. The molecule has 128 valence electrons. The first-order chi connectivity index (χ1) is 11.2. The van der Waals surface area contributed by atoms with E-state index in [9.17, 15) is 13.2 Å². The number of hydrogen-bond acceptors (Lipinski definition) is 3. The average Bonchev–Trinajstić information content (AvgIpc) is 2.52. The highest BCUT2D eigenvalue weighted by Crippen LogP contribution is 2.31. The van der Waals surface area contributed by atoms with Crippen molar-refractivity contribution in [2.24, 2.45) is 0 Å². The van der Waals surface area contributed by atoms with E-state index in [1.54, 1.807) is 24.3 Å². The molecule has 0 aliphatic heterocycles. The Morgan fingerprint density at radius 1 is 1.08 bits per heavy atom. The maximum atomic E-state index is 13.1. The summed E-state index contributed by atoms with van der Waals surface area (Å²) in [6.07, 6.45) is 0. The molecule has 0 N–H and O–H groups in total. The fourth-order valence-corrected chi connectivity index (χ4v) is 4.09. The van der Waals surface area contributed by atoms with E-state index < -0.39 is 21.8 Å². The largest absolute Gasteiger partial charge is 0.279 e. The highest BCUT2D eigenvalue weighted by Gasteiger charge is 2.28. The van der Waals surface area contributed by atoms with Gasteiger partial charge in [-0.2, -0.15) is 0 Å². The summed E-state index contributed by atoms with van der Waals surface area (Å²) in [6, 6.07) is 13.7. The predicted octanol–water partition coefficient (Wildman–Crippen LogP) is 4.08. The lowest BCUT2D eigenvalue weighted by atomic mass is 10.0. The monoisotopic (exact) mass is 365 g/mol. The maximum absolute atomic E-state index is 13.1. The molecule has 0 saturated carbocycles. The lowest BCUT2D eigenvalue weighted by molar-refractivity contribution is -0.110. The van der Waals surface area contributed by atoms with Crippen LogP contribution in [0.1, 0.15) is 30.9 Å². The van der Waals surface area contributed by atoms with Crippen molar-refractivity contribution >= 4 is 32.6 Å². The third kappa shape index (κ3) is 3.97. The molecule has 0 amide bonds. The summed E-state index contributed by atoms with van der Waals surface area (Å²) >= 11 is 5.53. The standard InChI is InChI=1S/C18H20ClNO3S/c1-13(2)16-6-4-5-7-17(16)20(12-18(19)21)24(22,23)15-10-8-14(3)9-11-15/h4-11,13H,12H2,1-3H3. The van der Waals surface area contributed by atoms with E-state index in [2.05, 4.69) is 0 Å². The molecule has 0 bridgehead atoms. The van der Waals surface area contributed by atoms with E-state index in [-0.39, 0.29) is 10.8 Å². The first-order valence-electron chi connectivity index (χ1n) is 7.60. The zero-order valence-electron chi connectivity index (χ0n) is 13.9. The van der Waals surface area contributed by atoms with Crippen molar-refractivity contribution in [2.45, 2.75) is 31.6 Å². The Hall–Kier alpha value is -1.85. The molecule has 0 atom stereocenters. The quantitative estimate of drug-likeness (QED) is 0.725. The van der Waals surface area contributed by atoms with Crippen molar-refractivity contribution in [1.29, 1.82) is 0 Å². The Kier molecular flexibility index (Phi) is 5.67. The van der Waals surface area contributed by atoms with Crippen LogP contribution < -0.4 is 4.31 Å². The Labute approximate surface area is 148 Å². The number of benzene rings is 2. The summed E-state index contributed by atoms with van der Waals surface area (Å²) in [5, 5.41) is -0.732. The number of anilines is 1. The second-order valence-electron chi connectivity index (χ2n) is 5.89. The van der Waals surface area contributed by atoms with Crippen molar-refractivity contribution < 1.29 is 13.2 Å². The summed E-state index contributed by atoms with van der Waals surface area (Å²) in [4.78, 5) is 11.6. The van der Waals surface area contributed by atoms with Gasteiger partial charge in [0.2, 0.25) is 5.24 Å². The number of para-hydroxylation sites is 1. The lowest BCUT2D eigenvalue weighted by Crippen LogP contribution is -2.35. The summed E-state index contributed by atoms with van der Waals surface area (Å²) < 4.78 is 27.2. The molecule has 6 heteroatoms. The van der Waals surface area contributed by atoms with Gasteiger partial charge in [0.1, 0.15) is 6.54 Å². The minimum atomic E-state index is -3.89. The van der Waals surface area contributed by atoms with Crippen LogP contribution in [0.25, 0.3) is 0 Å². The molecule has 0 aromatic heterocycles. The van der Waals surface area contributed by atoms with Crippen molar-refractivity contribution in [1.82, 2.24) is 0 Å². The molecule has 0 saturated heterocycles. The number of aryl methyl sites for hydroxylation is 1. The molecule has 2 aromatic carbocycles. The van der Waals surface area contributed by atoms with Gasteiger partial charge in [0.05, 0.1) is 10.6 Å². The third-order valence-corrected chi connectivity index (χ3v) is 5.60. The van der Waals surface area contributed by atoms with Crippen LogP contribution in [0.5, 0.6) is 0 Å². The van der Waals surface area contributed by atoms with Crippen molar-refractivity contribution in [3.8, 4) is 0 Å². The molecule has 0 unspecified atom stereocenters. The van der Waals surface area contributed by atoms with Crippen LogP contribution in [-0.4, -0.2) is 20.2 Å². The zero-order valence-corrected chi connectivity index (χ0v) is 15.4. The topological polar surface area (TPSA) is 54.5 Å². The first-order valence-corrected chi connectivity index (χ1v) is 9.42. The summed E-state index contributed by atoms with van der Waals surface area (Å²) in [6.45, 7) is 5.40. The zero-order chi connectivity index (χ0) is 17.9. The number of rotatable bonds is 6. The Balaban J connectivity index is 2.61. The van der Waals surface area contributed by atoms with E-state index in [1.165, 1.54) is 12.1 Å². The fraction of sp³-hybridized carbons (Fsp3) is 0.278. The predicted molar refractivity (Wildman–Crippen MR) is 97.1 cm³/mol. The Morgan fingerprint density at radius 2 is 1.67 bits per heavy atom. The van der Waals surface area contributed by atoms with Crippen molar-refractivity contribution in [3.05, 3.63) is 59.7 Å². The average molecular weight is 366 g/mol. The molecule has 0 aliphatic rings. The van der Waals surface area contributed by atoms with E-state index >= 15 is 0 Å². The molecule has 0 fully saturated rings. The second kappa shape index (κ2) is 7.36. The van der Waals surface area contributed by atoms with Gasteiger partial charge in [-0.25, -0.2) is 8.42 Å². The first kappa shape index (κ1) is 18.5. The molecule has 0 spiro atoms. The summed E-state index contributed by atoms with van der Waals surface area (Å²) in [5.74, 6) is 0.0994. The number of nitrogens with zero attached hydrogens (tertiary/aromatic N) is 1. The highest BCUT2D eigenvalue weighted by atomic mass is 35.5. The van der Waals surface area contributed by atoms with Gasteiger partial charge in [-0.3, -0.25) is 9.10 Å². The van der Waals surface area contributed by atoms with Crippen LogP contribution in [-0.2, 0) is 14.8 Å². The molecule has 0 aliphatic carbocycles. The number of carbonyl (C=O) groups is 1. The van der Waals surface area contributed by atoms with E-state index in [1.807, 2.05) is 32.9 Å². The highest BCUT2D eigenvalue weighted by molar-refractivity contribution is 7.92. The van der Waals surface area contributed by atoms with Gasteiger partial charge in [-0.15, -0.1) is 0 Å². The number of carbonyl (C=O) groups excluding carboxylic acids is 1. The second-order valence-corrected chi connectivity index (χ2v) is 8.18. The van der Waals surface area contributed by atoms with Gasteiger partial charge >= 0.3 is 0 Å². The van der Waals surface area contributed by atoms with Gasteiger partial charge < -0.3 is 0 Å². The van der Waals surface area contributed by atoms with E-state index in [0.29, 0.717) is 5.69 Å². The number of sulfonamides is 1. The molecule has 0 heterocycles.